The third kappa shape index (κ3) is 2.53. The van der Waals surface area contributed by atoms with Crippen LogP contribution < -0.4 is 10.4 Å². The van der Waals surface area contributed by atoms with E-state index >= 15 is 0 Å². The number of amides is 1. The van der Waals surface area contributed by atoms with Crippen molar-refractivity contribution in [1.29, 1.82) is 5.26 Å². The predicted molar refractivity (Wildman–Crippen MR) is 55.1 cm³/mol. The van der Waals surface area contributed by atoms with E-state index in [1.54, 1.807) is 0 Å². The number of rotatable bonds is 2. The second-order valence-corrected chi connectivity index (χ2v) is 3.51. The lowest BCUT2D eigenvalue weighted by molar-refractivity contribution is -0.141. The zero-order chi connectivity index (χ0) is 14.1. The summed E-state index contributed by atoms with van der Waals surface area (Å²) in [7, 11) is 2.57. The molecular weight excluding hydrogens is 251 g/mol. The van der Waals surface area contributed by atoms with Gasteiger partial charge in [-0.1, -0.05) is 0 Å². The molecule has 1 heterocycles. The first-order chi connectivity index (χ1) is 8.18. The number of aryl methyl sites for hydroxylation is 1. The van der Waals surface area contributed by atoms with Crippen molar-refractivity contribution in [2.24, 2.45) is 7.05 Å². The van der Waals surface area contributed by atoms with Crippen LogP contribution in [0.1, 0.15) is 18.2 Å². The van der Waals surface area contributed by atoms with Crippen molar-refractivity contribution in [3.05, 3.63) is 11.3 Å². The van der Waals surface area contributed by atoms with Gasteiger partial charge in [-0.25, -0.2) is 4.68 Å². The zero-order valence-corrected chi connectivity index (χ0v) is 9.83. The quantitative estimate of drug-likeness (QED) is 0.799. The summed E-state index contributed by atoms with van der Waals surface area (Å²) >= 11 is 0. The molecule has 1 amide bonds. The van der Waals surface area contributed by atoms with E-state index < -0.39 is 23.3 Å². The molecule has 0 bridgehead atoms. The standard InChI is InChI=1S/C9H10F3N5O/c1-5(18)14-16(2)8-6(4-13)7(9(10,11)12)15-17(8)3/h1-3H3,(H,14,18). The Kier molecular flexibility index (Phi) is 3.50. The molecule has 0 saturated heterocycles. The molecule has 0 aliphatic carbocycles. The van der Waals surface area contributed by atoms with Crippen molar-refractivity contribution >= 4 is 11.7 Å². The molecule has 98 valence electrons. The van der Waals surface area contributed by atoms with Crippen LogP contribution in [0.15, 0.2) is 0 Å². The molecule has 1 aromatic heterocycles. The summed E-state index contributed by atoms with van der Waals surface area (Å²) in [5.41, 5.74) is 0.339. The van der Waals surface area contributed by atoms with Gasteiger partial charge in [-0.05, 0) is 0 Å². The Morgan fingerprint density at radius 2 is 2.11 bits per heavy atom. The maximum absolute atomic E-state index is 12.6. The minimum atomic E-state index is -4.72. The Hall–Kier alpha value is -2.24. The van der Waals surface area contributed by atoms with Crippen molar-refractivity contribution < 1.29 is 18.0 Å². The molecule has 6 nitrogen and oxygen atoms in total. The van der Waals surface area contributed by atoms with Crippen LogP contribution in [0.2, 0.25) is 0 Å². The highest BCUT2D eigenvalue weighted by Gasteiger charge is 2.40. The molecule has 1 N–H and O–H groups in total. The molecule has 18 heavy (non-hydrogen) atoms. The smallest absolute Gasteiger partial charge is 0.274 e. The lowest BCUT2D eigenvalue weighted by Crippen LogP contribution is -2.39. The Labute approximate surface area is 101 Å². The maximum atomic E-state index is 12.6. The van der Waals surface area contributed by atoms with E-state index in [1.165, 1.54) is 27.1 Å². The highest BCUT2D eigenvalue weighted by molar-refractivity contribution is 5.75. The third-order valence-electron chi connectivity index (χ3n) is 2.04. The van der Waals surface area contributed by atoms with Crippen LogP contribution in [0, 0.1) is 11.3 Å². The number of nitriles is 1. The zero-order valence-electron chi connectivity index (χ0n) is 9.83. The van der Waals surface area contributed by atoms with Gasteiger partial charge in [0.2, 0.25) is 5.91 Å². The fourth-order valence-corrected chi connectivity index (χ4v) is 1.49. The van der Waals surface area contributed by atoms with E-state index in [9.17, 15) is 18.0 Å². The van der Waals surface area contributed by atoms with Gasteiger partial charge in [-0.2, -0.15) is 23.5 Å². The molecule has 0 unspecified atom stereocenters. The SMILES string of the molecule is CC(=O)NN(C)c1c(C#N)c(C(F)(F)F)nn1C. The molecule has 0 radical (unpaired) electrons. The van der Waals surface area contributed by atoms with Crippen molar-refractivity contribution in [3.63, 3.8) is 0 Å². The average molecular weight is 261 g/mol. The Balaban J connectivity index is 3.34. The van der Waals surface area contributed by atoms with Crippen molar-refractivity contribution in [3.8, 4) is 6.07 Å². The van der Waals surface area contributed by atoms with Crippen LogP contribution in [0.25, 0.3) is 0 Å². The summed E-state index contributed by atoms with van der Waals surface area (Å²) in [6, 6.07) is 1.45. The number of aromatic nitrogens is 2. The van der Waals surface area contributed by atoms with E-state index in [0.29, 0.717) is 0 Å². The van der Waals surface area contributed by atoms with E-state index in [2.05, 4.69) is 10.5 Å². The van der Waals surface area contributed by atoms with Crippen LogP contribution in [-0.4, -0.2) is 22.7 Å². The van der Waals surface area contributed by atoms with E-state index in [0.717, 1.165) is 9.69 Å². The van der Waals surface area contributed by atoms with Crippen LogP contribution in [0.3, 0.4) is 0 Å². The van der Waals surface area contributed by atoms with Gasteiger partial charge < -0.3 is 0 Å². The number of halogens is 3. The van der Waals surface area contributed by atoms with Gasteiger partial charge in [-0.15, -0.1) is 0 Å². The van der Waals surface area contributed by atoms with Crippen molar-refractivity contribution in [1.82, 2.24) is 15.2 Å². The third-order valence-corrected chi connectivity index (χ3v) is 2.04. The van der Waals surface area contributed by atoms with Gasteiger partial charge in [0.15, 0.2) is 11.5 Å². The van der Waals surface area contributed by atoms with Crippen LogP contribution in [-0.2, 0) is 18.0 Å². The summed E-state index contributed by atoms with van der Waals surface area (Å²) in [4.78, 5) is 10.9. The van der Waals surface area contributed by atoms with E-state index in [1.807, 2.05) is 0 Å². The van der Waals surface area contributed by atoms with Crippen molar-refractivity contribution in [2.75, 3.05) is 12.1 Å². The van der Waals surface area contributed by atoms with Crippen LogP contribution in [0.5, 0.6) is 0 Å². The highest BCUT2D eigenvalue weighted by atomic mass is 19.4. The minimum absolute atomic E-state index is 0.139. The van der Waals surface area contributed by atoms with E-state index in [4.69, 9.17) is 5.26 Å². The number of carbonyl (C=O) groups is 1. The van der Waals surface area contributed by atoms with Gasteiger partial charge in [-0.3, -0.25) is 15.2 Å². The minimum Gasteiger partial charge on any atom is -0.274 e. The molecular formula is C9H10F3N5O. The Morgan fingerprint density at radius 1 is 1.56 bits per heavy atom. The average Bonchev–Trinajstić information content (AvgIpc) is 2.53. The van der Waals surface area contributed by atoms with Gasteiger partial charge in [0.1, 0.15) is 11.6 Å². The monoisotopic (exact) mass is 261 g/mol. The number of nitrogens with one attached hydrogen (secondary N) is 1. The van der Waals surface area contributed by atoms with Gasteiger partial charge in [0.25, 0.3) is 0 Å². The Morgan fingerprint density at radius 3 is 2.50 bits per heavy atom. The predicted octanol–water partition coefficient (Wildman–Crippen LogP) is 0.798. The second kappa shape index (κ2) is 4.56. The number of hydrogen-bond donors (Lipinski definition) is 1. The summed E-state index contributed by atoms with van der Waals surface area (Å²) in [5, 5.41) is 13.1. The summed E-state index contributed by atoms with van der Waals surface area (Å²) in [5.74, 6) is -0.615. The second-order valence-electron chi connectivity index (χ2n) is 3.51. The van der Waals surface area contributed by atoms with Gasteiger partial charge >= 0.3 is 6.18 Å². The van der Waals surface area contributed by atoms with Crippen LogP contribution >= 0.6 is 0 Å². The molecule has 0 saturated carbocycles. The number of anilines is 1. The first kappa shape index (κ1) is 13.8. The molecule has 9 heteroatoms. The van der Waals surface area contributed by atoms with Crippen LogP contribution in [0.4, 0.5) is 19.0 Å². The molecule has 1 rings (SSSR count). The first-order valence-electron chi connectivity index (χ1n) is 4.73. The maximum Gasteiger partial charge on any atom is 0.436 e. The number of carbonyl (C=O) groups excluding carboxylic acids is 1. The molecule has 1 aromatic rings. The molecule has 0 aliphatic heterocycles. The van der Waals surface area contributed by atoms with Crippen molar-refractivity contribution in [2.45, 2.75) is 13.1 Å². The fourth-order valence-electron chi connectivity index (χ4n) is 1.49. The molecule has 0 aliphatic rings. The Bertz CT molecular complexity index is 513. The first-order valence-corrected chi connectivity index (χ1v) is 4.73. The molecule has 0 aromatic carbocycles. The topological polar surface area (TPSA) is 74.0 Å². The number of hydrogen-bond acceptors (Lipinski definition) is 4. The van der Waals surface area contributed by atoms with Gasteiger partial charge in [0, 0.05) is 21.0 Å². The largest absolute Gasteiger partial charge is 0.436 e. The van der Waals surface area contributed by atoms with E-state index in [-0.39, 0.29) is 5.82 Å². The number of nitrogens with zero attached hydrogens (tertiary/aromatic N) is 4. The normalized spacial score (nSPS) is 10.9. The fraction of sp³-hybridized carbons (Fsp3) is 0.444. The molecule has 0 spiro atoms. The summed E-state index contributed by atoms with van der Waals surface area (Å²) in [6.45, 7) is 1.20. The highest BCUT2D eigenvalue weighted by Crippen LogP contribution is 2.34. The van der Waals surface area contributed by atoms with Gasteiger partial charge in [0.05, 0.1) is 0 Å². The molecule has 0 atom stereocenters. The summed E-state index contributed by atoms with van der Waals surface area (Å²) in [6.07, 6.45) is -4.72. The number of alkyl halides is 3. The summed E-state index contributed by atoms with van der Waals surface area (Å²) < 4.78 is 38.8. The lowest BCUT2D eigenvalue weighted by Gasteiger charge is -2.19. The molecule has 0 fully saturated rings. The number of hydrazine groups is 1. The lowest BCUT2D eigenvalue weighted by atomic mass is 10.2.